The van der Waals surface area contributed by atoms with Crippen molar-refractivity contribution in [2.45, 2.75) is 26.8 Å². The minimum absolute atomic E-state index is 0.0374. The number of amides is 1. The van der Waals surface area contributed by atoms with Crippen LogP contribution in [0.3, 0.4) is 0 Å². The minimum Gasteiger partial charge on any atom is -0.354 e. The molecule has 144 valence electrons. The van der Waals surface area contributed by atoms with Crippen molar-refractivity contribution in [3.63, 3.8) is 0 Å². The monoisotopic (exact) mass is 386 g/mol. The average Bonchev–Trinajstić information content (AvgIpc) is 2.64. The molecule has 0 aliphatic carbocycles. The summed E-state index contributed by atoms with van der Waals surface area (Å²) in [7, 11) is 0. The number of hydrogen-bond acceptors (Lipinski definition) is 4. The number of rotatable bonds is 6. The Morgan fingerprint density at radius 2 is 1.81 bits per heavy atom. The second-order valence-corrected chi connectivity index (χ2v) is 7.88. The van der Waals surface area contributed by atoms with Gasteiger partial charge in [-0.1, -0.05) is 37.6 Å². The van der Waals surface area contributed by atoms with E-state index in [4.69, 9.17) is 11.6 Å². The van der Waals surface area contributed by atoms with Crippen molar-refractivity contribution >= 4 is 29.0 Å². The zero-order valence-corrected chi connectivity index (χ0v) is 16.7. The number of pyridine rings is 1. The quantitative estimate of drug-likeness (QED) is 0.813. The second-order valence-electron chi connectivity index (χ2n) is 7.44. The van der Waals surface area contributed by atoms with E-state index in [9.17, 15) is 4.79 Å². The molecule has 1 fully saturated rings. The third kappa shape index (κ3) is 5.94. The summed E-state index contributed by atoms with van der Waals surface area (Å²) in [5.41, 5.74) is 2.04. The Labute approximate surface area is 166 Å². The standard InChI is InChI=1S/C21H27ClN4O/c1-16(2)13-21(27)24-19-7-8-20(23-14-19)26-11-9-25(10-12-26)15-17-3-5-18(22)6-4-17/h3-8,14,16H,9-13,15H2,1-2H3,(H,24,27). The van der Waals surface area contributed by atoms with Gasteiger partial charge in [-0.2, -0.15) is 0 Å². The van der Waals surface area contributed by atoms with Crippen LogP contribution in [0.4, 0.5) is 11.5 Å². The fourth-order valence-corrected chi connectivity index (χ4v) is 3.34. The lowest BCUT2D eigenvalue weighted by Crippen LogP contribution is -2.46. The molecule has 2 aromatic rings. The smallest absolute Gasteiger partial charge is 0.224 e. The van der Waals surface area contributed by atoms with Crippen LogP contribution in [0.5, 0.6) is 0 Å². The van der Waals surface area contributed by atoms with E-state index in [1.165, 1.54) is 5.56 Å². The molecule has 6 heteroatoms. The van der Waals surface area contributed by atoms with E-state index in [1.807, 2.05) is 38.1 Å². The lowest BCUT2D eigenvalue weighted by molar-refractivity contribution is -0.116. The van der Waals surface area contributed by atoms with Gasteiger partial charge in [0.1, 0.15) is 5.82 Å². The van der Waals surface area contributed by atoms with Crippen LogP contribution in [0.15, 0.2) is 42.6 Å². The highest BCUT2D eigenvalue weighted by atomic mass is 35.5. The number of anilines is 2. The third-order valence-corrected chi connectivity index (χ3v) is 4.89. The molecule has 1 aliphatic heterocycles. The van der Waals surface area contributed by atoms with Crippen molar-refractivity contribution in [2.24, 2.45) is 5.92 Å². The topological polar surface area (TPSA) is 48.5 Å². The zero-order chi connectivity index (χ0) is 19.2. The van der Waals surface area contributed by atoms with Gasteiger partial charge in [-0.3, -0.25) is 9.69 Å². The van der Waals surface area contributed by atoms with Gasteiger partial charge in [-0.25, -0.2) is 4.98 Å². The summed E-state index contributed by atoms with van der Waals surface area (Å²) < 4.78 is 0. The van der Waals surface area contributed by atoms with Gasteiger partial charge in [-0.15, -0.1) is 0 Å². The number of halogens is 1. The van der Waals surface area contributed by atoms with Crippen LogP contribution in [-0.4, -0.2) is 42.0 Å². The highest BCUT2D eigenvalue weighted by molar-refractivity contribution is 6.30. The molecule has 0 bridgehead atoms. The van der Waals surface area contributed by atoms with E-state index in [-0.39, 0.29) is 5.91 Å². The first kappa shape index (κ1) is 19.6. The molecular formula is C21H27ClN4O. The molecule has 3 rings (SSSR count). The molecule has 1 amide bonds. The normalized spacial score (nSPS) is 15.2. The zero-order valence-electron chi connectivity index (χ0n) is 16.0. The Kier molecular flexibility index (Phi) is 6.69. The Balaban J connectivity index is 1.49. The van der Waals surface area contributed by atoms with Crippen LogP contribution in [0.1, 0.15) is 25.8 Å². The first-order valence-electron chi connectivity index (χ1n) is 9.47. The Morgan fingerprint density at radius 1 is 1.11 bits per heavy atom. The summed E-state index contributed by atoms with van der Waals surface area (Å²) in [5.74, 6) is 1.35. The van der Waals surface area contributed by atoms with Crippen molar-refractivity contribution < 1.29 is 4.79 Å². The molecule has 1 aliphatic rings. The number of carbonyl (C=O) groups excluding carboxylic acids is 1. The van der Waals surface area contributed by atoms with E-state index >= 15 is 0 Å². The molecule has 1 aromatic carbocycles. The maximum atomic E-state index is 11.9. The Morgan fingerprint density at radius 3 is 2.41 bits per heavy atom. The fraction of sp³-hybridized carbons (Fsp3) is 0.429. The molecule has 0 saturated carbocycles. The van der Waals surface area contributed by atoms with Crippen molar-refractivity contribution in [3.8, 4) is 0 Å². The van der Waals surface area contributed by atoms with Gasteiger partial charge >= 0.3 is 0 Å². The summed E-state index contributed by atoms with van der Waals surface area (Å²) in [4.78, 5) is 21.1. The van der Waals surface area contributed by atoms with Crippen LogP contribution in [0.2, 0.25) is 5.02 Å². The molecule has 0 atom stereocenters. The summed E-state index contributed by atoms with van der Waals surface area (Å²) in [6, 6.07) is 12.0. The predicted octanol–water partition coefficient (Wildman–Crippen LogP) is 4.04. The summed E-state index contributed by atoms with van der Waals surface area (Å²) in [6.07, 6.45) is 2.27. The maximum Gasteiger partial charge on any atom is 0.224 e. The number of aromatic nitrogens is 1. The van der Waals surface area contributed by atoms with Crippen molar-refractivity contribution in [1.29, 1.82) is 0 Å². The van der Waals surface area contributed by atoms with Crippen molar-refractivity contribution in [1.82, 2.24) is 9.88 Å². The van der Waals surface area contributed by atoms with E-state index in [0.717, 1.165) is 49.3 Å². The van der Waals surface area contributed by atoms with Gasteiger partial charge < -0.3 is 10.2 Å². The number of nitrogens with zero attached hydrogens (tertiary/aromatic N) is 3. The van der Waals surface area contributed by atoms with Gasteiger partial charge in [0.15, 0.2) is 0 Å². The molecule has 0 spiro atoms. The van der Waals surface area contributed by atoms with Crippen LogP contribution in [0.25, 0.3) is 0 Å². The second kappa shape index (κ2) is 9.20. The lowest BCUT2D eigenvalue weighted by Gasteiger charge is -2.35. The Bertz CT molecular complexity index is 738. The molecular weight excluding hydrogens is 360 g/mol. The van der Waals surface area contributed by atoms with Crippen molar-refractivity contribution in [2.75, 3.05) is 36.4 Å². The summed E-state index contributed by atoms with van der Waals surface area (Å²) >= 11 is 5.95. The van der Waals surface area contributed by atoms with Gasteiger partial charge in [0.2, 0.25) is 5.91 Å². The minimum atomic E-state index is 0.0374. The van der Waals surface area contributed by atoms with Gasteiger partial charge in [-0.05, 0) is 35.7 Å². The van der Waals surface area contributed by atoms with Crippen LogP contribution in [-0.2, 0) is 11.3 Å². The summed E-state index contributed by atoms with van der Waals surface area (Å²) in [5, 5.41) is 3.68. The fourth-order valence-electron chi connectivity index (χ4n) is 3.21. The first-order chi connectivity index (χ1) is 13.0. The number of hydrogen-bond donors (Lipinski definition) is 1. The van der Waals surface area contributed by atoms with Gasteiger partial charge in [0, 0.05) is 44.2 Å². The van der Waals surface area contributed by atoms with E-state index in [0.29, 0.717) is 12.3 Å². The molecule has 1 aromatic heterocycles. The van der Waals surface area contributed by atoms with Crippen LogP contribution >= 0.6 is 11.6 Å². The lowest BCUT2D eigenvalue weighted by atomic mass is 10.1. The largest absolute Gasteiger partial charge is 0.354 e. The third-order valence-electron chi connectivity index (χ3n) is 4.64. The highest BCUT2D eigenvalue weighted by Crippen LogP contribution is 2.18. The van der Waals surface area contributed by atoms with Gasteiger partial charge in [0.25, 0.3) is 0 Å². The van der Waals surface area contributed by atoms with Gasteiger partial charge in [0.05, 0.1) is 11.9 Å². The molecule has 0 radical (unpaired) electrons. The first-order valence-corrected chi connectivity index (χ1v) is 9.85. The van der Waals surface area contributed by atoms with E-state index in [1.54, 1.807) is 6.20 Å². The van der Waals surface area contributed by atoms with Crippen molar-refractivity contribution in [3.05, 3.63) is 53.2 Å². The number of benzene rings is 1. The molecule has 1 saturated heterocycles. The van der Waals surface area contributed by atoms with Crippen LogP contribution < -0.4 is 10.2 Å². The number of carbonyl (C=O) groups is 1. The molecule has 5 nitrogen and oxygen atoms in total. The number of piperazine rings is 1. The molecule has 2 heterocycles. The molecule has 1 N–H and O–H groups in total. The highest BCUT2D eigenvalue weighted by Gasteiger charge is 2.18. The van der Waals surface area contributed by atoms with E-state index < -0.39 is 0 Å². The maximum absolute atomic E-state index is 11.9. The average molecular weight is 387 g/mol. The van der Waals surface area contributed by atoms with Crippen LogP contribution in [0, 0.1) is 5.92 Å². The predicted molar refractivity (Wildman–Crippen MR) is 111 cm³/mol. The SMILES string of the molecule is CC(C)CC(=O)Nc1ccc(N2CCN(Cc3ccc(Cl)cc3)CC2)nc1. The number of nitrogens with one attached hydrogen (secondary N) is 1. The van der Waals surface area contributed by atoms with E-state index in [2.05, 4.69) is 32.2 Å². The molecule has 0 unspecified atom stereocenters. The molecule has 27 heavy (non-hydrogen) atoms. The Hall–Kier alpha value is -2.11. The summed E-state index contributed by atoms with van der Waals surface area (Å²) in [6.45, 7) is 8.90.